The quantitative estimate of drug-likeness (QED) is 0.845. The maximum absolute atomic E-state index is 6.20. The van der Waals surface area contributed by atoms with Crippen molar-refractivity contribution >= 4 is 34.6 Å². The van der Waals surface area contributed by atoms with Crippen molar-refractivity contribution in [3.8, 4) is 5.75 Å². The fraction of sp³-hybridized carbons (Fsp3) is 0.294. The Balaban J connectivity index is 1.82. The first-order chi connectivity index (χ1) is 11.1. The lowest BCUT2D eigenvalue weighted by Gasteiger charge is -2.30. The van der Waals surface area contributed by atoms with Crippen LogP contribution >= 0.6 is 23.2 Å². The number of morpholine rings is 1. The predicted molar refractivity (Wildman–Crippen MR) is 94.7 cm³/mol. The van der Waals surface area contributed by atoms with E-state index in [2.05, 4.69) is 4.90 Å². The molecule has 122 valence electrons. The Morgan fingerprint density at radius 2 is 1.78 bits per heavy atom. The summed E-state index contributed by atoms with van der Waals surface area (Å²) in [6, 6.07) is 11.1. The van der Waals surface area contributed by atoms with Crippen molar-refractivity contribution in [2.24, 2.45) is 0 Å². The Morgan fingerprint density at radius 1 is 1.09 bits per heavy atom. The summed E-state index contributed by atoms with van der Waals surface area (Å²) in [5.74, 6) is 0.725. The van der Waals surface area contributed by atoms with Crippen LogP contribution in [-0.4, -0.2) is 26.3 Å². The summed E-state index contributed by atoms with van der Waals surface area (Å²) < 4.78 is 11.4. The highest BCUT2D eigenvalue weighted by atomic mass is 35.5. The summed E-state index contributed by atoms with van der Waals surface area (Å²) >= 11 is 12.4. The van der Waals surface area contributed by atoms with Crippen molar-refractivity contribution in [3.63, 3.8) is 0 Å². The molecule has 1 aliphatic rings. The van der Waals surface area contributed by atoms with E-state index in [9.17, 15) is 0 Å². The van der Waals surface area contributed by atoms with Gasteiger partial charge in [0.25, 0.3) is 0 Å². The largest absolute Gasteiger partial charge is 0.487 e. The second-order valence-corrected chi connectivity index (χ2v) is 6.13. The van der Waals surface area contributed by atoms with Crippen LogP contribution in [0.1, 0.15) is 5.56 Å². The molecule has 1 saturated heterocycles. The minimum atomic E-state index is 0.291. The Morgan fingerprint density at radius 3 is 2.48 bits per heavy atom. The third kappa shape index (κ3) is 3.83. The third-order valence-electron chi connectivity index (χ3n) is 3.77. The smallest absolute Gasteiger partial charge is 0.145 e. The first-order valence-electron chi connectivity index (χ1n) is 7.43. The van der Waals surface area contributed by atoms with E-state index in [0.29, 0.717) is 35.6 Å². The molecule has 4 nitrogen and oxygen atoms in total. The molecule has 6 heteroatoms. The number of hydrogen-bond donors (Lipinski definition) is 1. The molecule has 2 aromatic rings. The summed E-state index contributed by atoms with van der Waals surface area (Å²) in [4.78, 5) is 2.23. The van der Waals surface area contributed by atoms with Gasteiger partial charge in [-0.1, -0.05) is 29.3 Å². The van der Waals surface area contributed by atoms with Crippen LogP contribution in [0.15, 0.2) is 36.4 Å². The van der Waals surface area contributed by atoms with E-state index in [1.165, 1.54) is 0 Å². The molecule has 0 amide bonds. The third-order valence-corrected chi connectivity index (χ3v) is 4.48. The summed E-state index contributed by atoms with van der Waals surface area (Å²) in [6.45, 7) is 3.36. The Labute approximate surface area is 145 Å². The molecule has 0 unspecified atom stereocenters. The van der Waals surface area contributed by atoms with Crippen molar-refractivity contribution in [1.82, 2.24) is 0 Å². The van der Waals surface area contributed by atoms with E-state index < -0.39 is 0 Å². The monoisotopic (exact) mass is 352 g/mol. The summed E-state index contributed by atoms with van der Waals surface area (Å²) in [5, 5.41) is 1.18. The Kier molecular flexibility index (Phi) is 5.16. The highest BCUT2D eigenvalue weighted by molar-refractivity contribution is 6.35. The maximum atomic E-state index is 6.20. The fourth-order valence-electron chi connectivity index (χ4n) is 2.53. The molecule has 3 rings (SSSR count). The second-order valence-electron chi connectivity index (χ2n) is 5.32. The van der Waals surface area contributed by atoms with E-state index in [-0.39, 0.29) is 0 Å². The molecule has 2 aromatic carbocycles. The van der Waals surface area contributed by atoms with Crippen LogP contribution in [0.4, 0.5) is 11.4 Å². The van der Waals surface area contributed by atoms with Crippen molar-refractivity contribution in [3.05, 3.63) is 52.0 Å². The zero-order chi connectivity index (χ0) is 16.2. The Bertz CT molecular complexity index is 668. The van der Waals surface area contributed by atoms with Gasteiger partial charge in [0.2, 0.25) is 0 Å². The van der Waals surface area contributed by atoms with E-state index >= 15 is 0 Å². The zero-order valence-corrected chi connectivity index (χ0v) is 14.1. The number of nitrogens with zero attached hydrogens (tertiary/aromatic N) is 1. The molecule has 0 saturated carbocycles. The van der Waals surface area contributed by atoms with Gasteiger partial charge in [-0.05, 0) is 24.3 Å². The molecule has 0 aliphatic carbocycles. The van der Waals surface area contributed by atoms with Gasteiger partial charge in [-0.25, -0.2) is 0 Å². The number of ether oxygens (including phenoxy) is 2. The predicted octanol–water partition coefficient (Wildman–Crippen LogP) is 3.99. The molecule has 0 bridgehead atoms. The zero-order valence-electron chi connectivity index (χ0n) is 12.6. The van der Waals surface area contributed by atoms with Gasteiger partial charge < -0.3 is 20.1 Å². The number of nitrogen functional groups attached to an aromatic ring is 1. The van der Waals surface area contributed by atoms with Gasteiger partial charge in [0.1, 0.15) is 12.4 Å². The van der Waals surface area contributed by atoms with Crippen LogP contribution in [0.25, 0.3) is 0 Å². The van der Waals surface area contributed by atoms with Gasteiger partial charge >= 0.3 is 0 Å². The van der Waals surface area contributed by atoms with Crippen molar-refractivity contribution in [2.75, 3.05) is 36.9 Å². The van der Waals surface area contributed by atoms with E-state index in [4.69, 9.17) is 38.4 Å². The highest BCUT2D eigenvalue weighted by Crippen LogP contribution is 2.33. The second kappa shape index (κ2) is 7.30. The average Bonchev–Trinajstić information content (AvgIpc) is 2.55. The molecule has 0 radical (unpaired) electrons. The number of hydrogen-bond acceptors (Lipinski definition) is 4. The minimum absolute atomic E-state index is 0.291. The average molecular weight is 353 g/mol. The topological polar surface area (TPSA) is 47.7 Å². The molecule has 0 atom stereocenters. The molecule has 1 fully saturated rings. The summed E-state index contributed by atoms with van der Waals surface area (Å²) in [6.07, 6.45) is 0. The lowest BCUT2D eigenvalue weighted by molar-refractivity contribution is 0.122. The SMILES string of the molecule is Nc1ccc(N2CCOCC2)c(OCc2c(Cl)cccc2Cl)c1. The summed E-state index contributed by atoms with van der Waals surface area (Å²) in [7, 11) is 0. The number of anilines is 2. The number of benzene rings is 2. The van der Waals surface area contributed by atoms with E-state index in [1.807, 2.05) is 24.3 Å². The molecule has 0 spiro atoms. The van der Waals surface area contributed by atoms with E-state index in [1.54, 1.807) is 12.1 Å². The number of rotatable bonds is 4. The molecular formula is C17H18Cl2N2O2. The van der Waals surface area contributed by atoms with Crippen LogP contribution < -0.4 is 15.4 Å². The lowest BCUT2D eigenvalue weighted by atomic mass is 10.2. The lowest BCUT2D eigenvalue weighted by Crippen LogP contribution is -2.36. The molecule has 1 aliphatic heterocycles. The fourth-order valence-corrected chi connectivity index (χ4v) is 3.04. The Hall–Kier alpha value is -1.62. The maximum Gasteiger partial charge on any atom is 0.145 e. The van der Waals surface area contributed by atoms with Crippen molar-refractivity contribution in [2.45, 2.75) is 6.61 Å². The normalized spacial score (nSPS) is 14.8. The van der Waals surface area contributed by atoms with Crippen LogP contribution in [0.3, 0.4) is 0 Å². The van der Waals surface area contributed by atoms with Crippen molar-refractivity contribution in [1.29, 1.82) is 0 Å². The standard InChI is InChI=1S/C17H18Cl2N2O2/c18-14-2-1-3-15(19)13(14)11-23-17-10-12(20)4-5-16(17)21-6-8-22-9-7-21/h1-5,10H,6-9,11,20H2. The molecule has 23 heavy (non-hydrogen) atoms. The molecule has 0 aromatic heterocycles. The van der Waals surface area contributed by atoms with Gasteiger partial charge in [-0.15, -0.1) is 0 Å². The van der Waals surface area contributed by atoms with Gasteiger partial charge in [0, 0.05) is 40.5 Å². The van der Waals surface area contributed by atoms with Gasteiger partial charge in [-0.2, -0.15) is 0 Å². The van der Waals surface area contributed by atoms with Gasteiger partial charge in [-0.3, -0.25) is 0 Å². The van der Waals surface area contributed by atoms with Crippen LogP contribution in [0.2, 0.25) is 10.0 Å². The van der Waals surface area contributed by atoms with Crippen molar-refractivity contribution < 1.29 is 9.47 Å². The minimum Gasteiger partial charge on any atom is -0.487 e. The molecular weight excluding hydrogens is 335 g/mol. The van der Waals surface area contributed by atoms with E-state index in [0.717, 1.165) is 30.1 Å². The number of nitrogens with two attached hydrogens (primary N) is 1. The number of halogens is 2. The molecule has 1 heterocycles. The van der Waals surface area contributed by atoms with Crippen LogP contribution in [0.5, 0.6) is 5.75 Å². The van der Waals surface area contributed by atoms with Crippen LogP contribution in [-0.2, 0) is 11.3 Å². The highest BCUT2D eigenvalue weighted by Gasteiger charge is 2.16. The van der Waals surface area contributed by atoms with Gasteiger partial charge in [0.15, 0.2) is 0 Å². The molecule has 2 N–H and O–H groups in total. The van der Waals surface area contributed by atoms with Crippen LogP contribution in [0, 0.1) is 0 Å². The summed E-state index contributed by atoms with van der Waals surface area (Å²) in [5.41, 5.74) is 8.34. The first-order valence-corrected chi connectivity index (χ1v) is 8.18. The first kappa shape index (κ1) is 16.2. The van der Waals surface area contributed by atoms with Gasteiger partial charge in [0.05, 0.1) is 18.9 Å².